The Balaban J connectivity index is 2.06. The van der Waals surface area contributed by atoms with Crippen LogP contribution in [0.1, 0.15) is 56.8 Å². The first kappa shape index (κ1) is 29.6. The van der Waals surface area contributed by atoms with Crippen molar-refractivity contribution < 1.29 is 24.2 Å². The van der Waals surface area contributed by atoms with Crippen molar-refractivity contribution in [3.63, 3.8) is 0 Å². The number of rotatable bonds is 8. The van der Waals surface area contributed by atoms with Gasteiger partial charge in [-0.25, -0.2) is 4.79 Å². The number of ether oxygens (including phenoxy) is 1. The Labute approximate surface area is 234 Å². The molecule has 1 aliphatic carbocycles. The molecule has 8 nitrogen and oxygen atoms in total. The summed E-state index contributed by atoms with van der Waals surface area (Å²) >= 11 is 10.7. The van der Waals surface area contributed by atoms with Crippen molar-refractivity contribution in [1.82, 2.24) is 10.2 Å². The van der Waals surface area contributed by atoms with Crippen LogP contribution in [0.2, 0.25) is 5.02 Å². The summed E-state index contributed by atoms with van der Waals surface area (Å²) in [7, 11) is 0. The number of benzene rings is 2. The molecule has 1 fully saturated rings. The second kappa shape index (κ2) is 11.9. The molecule has 3 N–H and O–H groups in total. The molecule has 0 aromatic heterocycles. The van der Waals surface area contributed by atoms with Crippen molar-refractivity contribution in [2.45, 2.75) is 71.7 Å². The number of thiol groups is 1. The maximum atomic E-state index is 14.0. The Morgan fingerprint density at radius 3 is 2.32 bits per heavy atom. The van der Waals surface area contributed by atoms with Gasteiger partial charge in [-0.2, -0.15) is 12.6 Å². The minimum Gasteiger partial charge on any atom is -0.507 e. The average Bonchev–Trinajstić information content (AvgIpc) is 3.54. The number of nitrogens with one attached hydrogen (secondary N) is 2. The Morgan fingerprint density at radius 1 is 1.16 bits per heavy atom. The number of phenols is 1. The molecular formula is C28H36ClN3O5S. The minimum atomic E-state index is -1.20. The van der Waals surface area contributed by atoms with Crippen LogP contribution in [0.3, 0.4) is 0 Å². The zero-order chi connectivity index (χ0) is 28.4. The molecule has 0 bridgehead atoms. The first-order valence-corrected chi connectivity index (χ1v) is 13.5. The summed E-state index contributed by atoms with van der Waals surface area (Å²) in [6, 6.07) is 7.77. The molecule has 0 aliphatic heterocycles. The topological polar surface area (TPSA) is 108 Å². The SMILES string of the molecule is Cc1cccc(C(C(=O)Nc2c(C)cccc2Cl)N(C(=O)C(CS)NC(=O)OC(C)(C)C)C2CC2C)c1O. The lowest BCUT2D eigenvalue weighted by molar-refractivity contribution is -0.141. The highest BCUT2D eigenvalue weighted by Gasteiger charge is 2.48. The average molecular weight is 562 g/mol. The first-order chi connectivity index (χ1) is 17.7. The molecule has 0 spiro atoms. The summed E-state index contributed by atoms with van der Waals surface area (Å²) in [6.45, 7) is 10.7. The number of halogens is 1. The molecular weight excluding hydrogens is 526 g/mol. The van der Waals surface area contributed by atoms with Crippen LogP contribution >= 0.6 is 24.2 Å². The number of carbonyl (C=O) groups excluding carboxylic acids is 3. The van der Waals surface area contributed by atoms with E-state index in [9.17, 15) is 19.5 Å². The summed E-state index contributed by atoms with van der Waals surface area (Å²) in [5.74, 6) is -1.03. The zero-order valence-corrected chi connectivity index (χ0v) is 24.2. The van der Waals surface area contributed by atoms with Crippen LogP contribution in [-0.4, -0.2) is 51.4 Å². The fourth-order valence-corrected chi connectivity index (χ4v) is 4.81. The lowest BCUT2D eigenvalue weighted by atomic mass is 9.98. The molecule has 2 aromatic carbocycles. The molecule has 1 aliphatic rings. The fraction of sp³-hybridized carbons (Fsp3) is 0.464. The minimum absolute atomic E-state index is 0.0204. The molecule has 3 rings (SSSR count). The molecule has 206 valence electrons. The monoisotopic (exact) mass is 561 g/mol. The first-order valence-electron chi connectivity index (χ1n) is 12.5. The summed E-state index contributed by atoms with van der Waals surface area (Å²) in [5, 5.41) is 16.8. The smallest absolute Gasteiger partial charge is 0.408 e. The van der Waals surface area contributed by atoms with E-state index in [2.05, 4.69) is 23.3 Å². The highest BCUT2D eigenvalue weighted by molar-refractivity contribution is 7.80. The van der Waals surface area contributed by atoms with Gasteiger partial charge >= 0.3 is 6.09 Å². The van der Waals surface area contributed by atoms with Crippen LogP contribution in [0.25, 0.3) is 0 Å². The van der Waals surface area contributed by atoms with Crippen molar-refractivity contribution in [1.29, 1.82) is 0 Å². The van der Waals surface area contributed by atoms with E-state index in [1.807, 2.05) is 19.9 Å². The molecule has 1 saturated carbocycles. The summed E-state index contributed by atoms with van der Waals surface area (Å²) < 4.78 is 5.34. The van der Waals surface area contributed by atoms with Crippen molar-refractivity contribution in [2.75, 3.05) is 11.1 Å². The van der Waals surface area contributed by atoms with Gasteiger partial charge in [-0.15, -0.1) is 0 Å². The maximum absolute atomic E-state index is 14.0. The van der Waals surface area contributed by atoms with Crippen molar-refractivity contribution in [3.05, 3.63) is 58.1 Å². The number of nitrogens with zero attached hydrogens (tertiary/aromatic N) is 1. The molecule has 3 amide bonds. The number of carbonyl (C=O) groups is 3. The Kier molecular flexibility index (Phi) is 9.26. The number of hydrogen-bond donors (Lipinski definition) is 4. The van der Waals surface area contributed by atoms with Crippen LogP contribution in [-0.2, 0) is 14.3 Å². The van der Waals surface area contributed by atoms with Gasteiger partial charge in [0.2, 0.25) is 5.91 Å². The van der Waals surface area contributed by atoms with E-state index in [0.29, 0.717) is 22.7 Å². The standard InChI is InChI=1S/C28H36ClN3O5S/c1-15-9-8-12-19(29)22(15)31-25(34)23(18-11-7-10-16(2)24(18)33)32(21-13-17(21)3)26(35)20(14-38)30-27(36)37-28(4,5)6/h7-12,17,20-21,23,33,38H,13-14H2,1-6H3,(H,30,36)(H,31,34). The van der Waals surface area contributed by atoms with Crippen molar-refractivity contribution >= 4 is 47.8 Å². The van der Waals surface area contributed by atoms with E-state index in [0.717, 1.165) is 5.56 Å². The second-order valence-corrected chi connectivity index (χ2v) is 11.5. The van der Waals surface area contributed by atoms with Crippen LogP contribution in [0.4, 0.5) is 10.5 Å². The lowest BCUT2D eigenvalue weighted by Crippen LogP contribution is -2.54. The summed E-state index contributed by atoms with van der Waals surface area (Å²) in [5.41, 5.74) is 1.24. The third kappa shape index (κ3) is 6.94. The molecule has 0 radical (unpaired) electrons. The van der Waals surface area contributed by atoms with Gasteiger partial charge in [-0.3, -0.25) is 9.59 Å². The number of amides is 3. The highest BCUT2D eigenvalue weighted by Crippen LogP contribution is 2.43. The van der Waals surface area contributed by atoms with E-state index < -0.39 is 35.6 Å². The number of anilines is 1. The molecule has 0 heterocycles. The highest BCUT2D eigenvalue weighted by atomic mass is 35.5. The molecule has 38 heavy (non-hydrogen) atoms. The molecule has 0 saturated heterocycles. The quantitative estimate of drug-likeness (QED) is 0.323. The van der Waals surface area contributed by atoms with Crippen molar-refractivity contribution in [2.24, 2.45) is 5.92 Å². The predicted octanol–water partition coefficient (Wildman–Crippen LogP) is 5.40. The van der Waals surface area contributed by atoms with Gasteiger partial charge in [0.15, 0.2) is 0 Å². The number of phenolic OH excluding ortho intramolecular Hbond substituents is 1. The van der Waals surface area contributed by atoms with Gasteiger partial charge < -0.3 is 25.4 Å². The molecule has 10 heteroatoms. The van der Waals surface area contributed by atoms with Gasteiger partial charge in [0, 0.05) is 17.4 Å². The number of para-hydroxylation sites is 2. The number of aromatic hydroxyl groups is 1. The predicted molar refractivity (Wildman–Crippen MR) is 152 cm³/mol. The number of aryl methyl sites for hydroxylation is 2. The van der Waals surface area contributed by atoms with E-state index in [1.54, 1.807) is 58.0 Å². The van der Waals surface area contributed by atoms with Crippen LogP contribution in [0.5, 0.6) is 5.75 Å². The van der Waals surface area contributed by atoms with Crippen LogP contribution < -0.4 is 10.6 Å². The summed E-state index contributed by atoms with van der Waals surface area (Å²) in [6.07, 6.45) is -0.0985. The fourth-order valence-electron chi connectivity index (χ4n) is 4.29. The van der Waals surface area contributed by atoms with Gasteiger partial charge in [0.05, 0.1) is 10.7 Å². The van der Waals surface area contributed by atoms with E-state index >= 15 is 0 Å². The van der Waals surface area contributed by atoms with Crippen molar-refractivity contribution in [3.8, 4) is 5.75 Å². The van der Waals surface area contributed by atoms with E-state index in [1.165, 1.54) is 4.90 Å². The Morgan fingerprint density at radius 2 is 1.76 bits per heavy atom. The Bertz CT molecular complexity index is 1200. The van der Waals surface area contributed by atoms with Crippen LogP contribution in [0.15, 0.2) is 36.4 Å². The van der Waals surface area contributed by atoms with Gasteiger partial charge in [-0.1, -0.05) is 48.9 Å². The number of alkyl carbamates (subject to hydrolysis) is 1. The molecule has 4 atom stereocenters. The zero-order valence-electron chi connectivity index (χ0n) is 22.5. The van der Waals surface area contributed by atoms with Crippen LogP contribution in [0, 0.1) is 19.8 Å². The maximum Gasteiger partial charge on any atom is 0.408 e. The summed E-state index contributed by atoms with van der Waals surface area (Å²) in [4.78, 5) is 42.0. The largest absolute Gasteiger partial charge is 0.507 e. The third-order valence-corrected chi connectivity index (χ3v) is 7.09. The van der Waals surface area contributed by atoms with E-state index in [4.69, 9.17) is 16.3 Å². The van der Waals surface area contributed by atoms with Gasteiger partial charge in [-0.05, 0) is 64.2 Å². The lowest BCUT2D eigenvalue weighted by Gasteiger charge is -2.35. The molecule has 4 unspecified atom stereocenters. The normalized spacial score (nSPS) is 18.2. The van der Waals surface area contributed by atoms with Gasteiger partial charge in [0.25, 0.3) is 5.91 Å². The van der Waals surface area contributed by atoms with E-state index in [-0.39, 0.29) is 29.0 Å². The third-order valence-electron chi connectivity index (χ3n) is 6.41. The Hall–Kier alpha value is -2.91. The molecule has 2 aromatic rings. The van der Waals surface area contributed by atoms with Gasteiger partial charge in [0.1, 0.15) is 23.4 Å². The number of hydrogen-bond acceptors (Lipinski definition) is 6. The second-order valence-electron chi connectivity index (χ2n) is 10.7.